The second-order valence-electron chi connectivity index (χ2n) is 5.61. The highest BCUT2D eigenvalue weighted by Crippen LogP contribution is 2.25. The van der Waals surface area contributed by atoms with Crippen molar-refractivity contribution in [3.05, 3.63) is 0 Å². The minimum absolute atomic E-state index is 0.212. The molecule has 0 spiro atoms. The molecule has 0 radical (unpaired) electrons. The highest BCUT2D eigenvalue weighted by Gasteiger charge is 2.49. The van der Waals surface area contributed by atoms with Crippen LogP contribution in [-0.4, -0.2) is 68.1 Å². The van der Waals surface area contributed by atoms with Gasteiger partial charge in [-0.3, -0.25) is 19.2 Å². The molecule has 0 saturated carbocycles. The Balaban J connectivity index is 3.18. The van der Waals surface area contributed by atoms with Crippen LogP contribution in [0.2, 0.25) is 0 Å². The topological polar surface area (TPSA) is 129 Å². The van der Waals surface area contributed by atoms with Gasteiger partial charge in [0.1, 0.15) is 18.8 Å². The van der Waals surface area contributed by atoms with E-state index in [4.69, 9.17) is 18.9 Å². The van der Waals surface area contributed by atoms with Gasteiger partial charge in [0.25, 0.3) is 0 Å². The van der Waals surface area contributed by atoms with E-state index in [1.807, 2.05) is 0 Å². The van der Waals surface area contributed by atoms with E-state index in [1.165, 1.54) is 34.8 Å². The second-order valence-corrected chi connectivity index (χ2v) is 5.61. The highest BCUT2D eigenvalue weighted by atomic mass is 16.7. The summed E-state index contributed by atoms with van der Waals surface area (Å²) >= 11 is 0. The molecule has 1 aliphatic heterocycles. The normalized spacial score (nSPS) is 28.6. The molecule has 10 heteroatoms. The number of rotatable bonds is 6. The van der Waals surface area contributed by atoms with Crippen molar-refractivity contribution < 1.29 is 38.1 Å². The van der Waals surface area contributed by atoms with Crippen molar-refractivity contribution in [2.24, 2.45) is 0 Å². The van der Waals surface area contributed by atoms with Gasteiger partial charge in [-0.25, -0.2) is 0 Å². The van der Waals surface area contributed by atoms with Crippen LogP contribution in [0.1, 0.15) is 27.7 Å². The number of carbonyl (C=O) groups excluding carboxylic acids is 4. The van der Waals surface area contributed by atoms with Crippen molar-refractivity contribution in [3.63, 3.8) is 0 Å². The number of hydrogen-bond donors (Lipinski definition) is 2. The van der Waals surface area contributed by atoms with Gasteiger partial charge in [0.05, 0.1) is 6.04 Å². The number of carbonyl (C=O) groups is 4. The van der Waals surface area contributed by atoms with Gasteiger partial charge in [-0.2, -0.15) is 0 Å². The van der Waals surface area contributed by atoms with E-state index < -0.39 is 48.4 Å². The molecule has 1 fully saturated rings. The predicted molar refractivity (Wildman–Crippen MR) is 83.1 cm³/mol. The van der Waals surface area contributed by atoms with Crippen molar-refractivity contribution in [1.82, 2.24) is 10.6 Å². The molecule has 1 aliphatic rings. The largest absolute Gasteiger partial charge is 0.463 e. The van der Waals surface area contributed by atoms with Crippen LogP contribution >= 0.6 is 0 Å². The van der Waals surface area contributed by atoms with E-state index in [0.717, 1.165) is 0 Å². The molecule has 1 saturated heterocycles. The van der Waals surface area contributed by atoms with Crippen molar-refractivity contribution in [2.75, 3.05) is 13.7 Å². The lowest BCUT2D eigenvalue weighted by molar-refractivity contribution is -0.248. The molecule has 0 unspecified atom stereocenters. The quantitative estimate of drug-likeness (QED) is 0.569. The van der Waals surface area contributed by atoms with E-state index in [-0.39, 0.29) is 12.5 Å². The first-order valence-corrected chi connectivity index (χ1v) is 7.68. The van der Waals surface area contributed by atoms with Crippen LogP contribution < -0.4 is 10.6 Å². The molecular formula is C15H24N2O8. The SMILES string of the molecule is CO[C@H]1O[C@H](COC(C)=O)[C@@H](OC(C)=O)[C@H](NC(C)=O)[C@H]1NC(C)=O. The first-order valence-electron chi connectivity index (χ1n) is 7.68. The molecule has 1 rings (SSSR count). The predicted octanol–water partition coefficient (Wildman–Crippen LogP) is -1.14. The Kier molecular flexibility index (Phi) is 7.78. The lowest BCUT2D eigenvalue weighted by atomic mass is 9.93. The monoisotopic (exact) mass is 360 g/mol. The summed E-state index contributed by atoms with van der Waals surface area (Å²) in [4.78, 5) is 45.7. The summed E-state index contributed by atoms with van der Waals surface area (Å²) < 4.78 is 21.1. The zero-order chi connectivity index (χ0) is 19.1. The van der Waals surface area contributed by atoms with Gasteiger partial charge in [-0.15, -0.1) is 0 Å². The zero-order valence-electron chi connectivity index (χ0n) is 14.9. The average Bonchev–Trinajstić information content (AvgIpc) is 2.48. The maximum atomic E-state index is 11.6. The fourth-order valence-corrected chi connectivity index (χ4v) is 2.62. The molecule has 2 amide bonds. The van der Waals surface area contributed by atoms with Crippen molar-refractivity contribution >= 4 is 23.8 Å². The summed E-state index contributed by atoms with van der Waals surface area (Å²) in [5, 5.41) is 5.27. The van der Waals surface area contributed by atoms with Crippen molar-refractivity contribution in [3.8, 4) is 0 Å². The average molecular weight is 360 g/mol. The molecular weight excluding hydrogens is 336 g/mol. The molecule has 10 nitrogen and oxygen atoms in total. The Morgan fingerprint density at radius 2 is 1.48 bits per heavy atom. The third kappa shape index (κ3) is 6.31. The molecule has 0 aromatic carbocycles. The smallest absolute Gasteiger partial charge is 0.303 e. The molecule has 0 bridgehead atoms. The Morgan fingerprint density at radius 3 is 1.92 bits per heavy atom. The molecule has 2 N–H and O–H groups in total. The van der Waals surface area contributed by atoms with Crippen molar-refractivity contribution in [1.29, 1.82) is 0 Å². The van der Waals surface area contributed by atoms with Gasteiger partial charge in [0, 0.05) is 34.8 Å². The zero-order valence-corrected chi connectivity index (χ0v) is 14.9. The molecule has 1 heterocycles. The van der Waals surface area contributed by atoms with Gasteiger partial charge >= 0.3 is 11.9 Å². The van der Waals surface area contributed by atoms with Crippen LogP contribution in [-0.2, 0) is 38.1 Å². The summed E-state index contributed by atoms with van der Waals surface area (Å²) in [5.74, 6) is -1.94. The van der Waals surface area contributed by atoms with Crippen LogP contribution in [0.3, 0.4) is 0 Å². The minimum Gasteiger partial charge on any atom is -0.463 e. The Hall–Kier alpha value is -2.20. The summed E-state index contributed by atoms with van der Waals surface area (Å²) in [6.07, 6.45) is -2.84. The van der Waals surface area contributed by atoms with E-state index in [1.54, 1.807) is 0 Å². The Morgan fingerprint density at radius 1 is 0.920 bits per heavy atom. The van der Waals surface area contributed by atoms with Crippen molar-refractivity contribution in [2.45, 2.75) is 58.3 Å². The summed E-state index contributed by atoms with van der Waals surface area (Å²) in [6.45, 7) is 4.79. The van der Waals surface area contributed by atoms with E-state index in [0.29, 0.717) is 0 Å². The number of ether oxygens (including phenoxy) is 4. The van der Waals surface area contributed by atoms with Gasteiger partial charge in [0.2, 0.25) is 11.8 Å². The van der Waals surface area contributed by atoms with Crippen LogP contribution in [0.25, 0.3) is 0 Å². The summed E-state index contributed by atoms with van der Waals surface area (Å²) in [7, 11) is 1.36. The Labute approximate surface area is 145 Å². The maximum Gasteiger partial charge on any atom is 0.303 e. The maximum absolute atomic E-state index is 11.6. The Bertz CT molecular complexity index is 524. The van der Waals surface area contributed by atoms with Gasteiger partial charge < -0.3 is 29.6 Å². The lowest BCUT2D eigenvalue weighted by Crippen LogP contribution is -2.70. The van der Waals surface area contributed by atoms with E-state index in [9.17, 15) is 19.2 Å². The summed E-state index contributed by atoms with van der Waals surface area (Å²) in [6, 6.07) is -1.66. The third-order valence-electron chi connectivity index (χ3n) is 3.43. The minimum atomic E-state index is -0.996. The van der Waals surface area contributed by atoms with E-state index in [2.05, 4.69) is 10.6 Å². The van der Waals surface area contributed by atoms with Crippen LogP contribution in [0.5, 0.6) is 0 Å². The standard InChI is InChI=1S/C15H24N2O8/c1-7(18)16-12-13(17-8(2)19)15(22-5)25-11(6-23-9(3)20)14(12)24-10(4)21/h11-15H,6H2,1-5H3,(H,16,18)(H,17,19)/t11-,12-,13-,14-,15+/m1/s1. The molecule has 25 heavy (non-hydrogen) atoms. The van der Waals surface area contributed by atoms with Crippen LogP contribution in [0.15, 0.2) is 0 Å². The van der Waals surface area contributed by atoms with Gasteiger partial charge in [-0.05, 0) is 0 Å². The highest BCUT2D eigenvalue weighted by molar-refractivity contribution is 5.75. The molecule has 5 atom stereocenters. The van der Waals surface area contributed by atoms with Crippen LogP contribution in [0.4, 0.5) is 0 Å². The van der Waals surface area contributed by atoms with E-state index >= 15 is 0 Å². The van der Waals surface area contributed by atoms with Gasteiger partial charge in [-0.1, -0.05) is 0 Å². The molecule has 0 aromatic rings. The van der Waals surface area contributed by atoms with Crippen LogP contribution in [0, 0.1) is 0 Å². The fourth-order valence-electron chi connectivity index (χ4n) is 2.62. The fraction of sp³-hybridized carbons (Fsp3) is 0.733. The molecule has 142 valence electrons. The number of nitrogens with one attached hydrogen (secondary N) is 2. The van der Waals surface area contributed by atoms with Gasteiger partial charge in [0.15, 0.2) is 12.4 Å². The number of amides is 2. The second kappa shape index (κ2) is 9.33. The number of esters is 2. The molecule has 0 aliphatic carbocycles. The first-order chi connectivity index (χ1) is 11.6. The first kappa shape index (κ1) is 20.8. The number of hydrogen-bond acceptors (Lipinski definition) is 8. The molecule has 0 aromatic heterocycles. The third-order valence-corrected chi connectivity index (χ3v) is 3.43. The summed E-state index contributed by atoms with van der Waals surface area (Å²) in [5.41, 5.74) is 0. The number of methoxy groups -OCH3 is 1. The lowest BCUT2D eigenvalue weighted by Gasteiger charge is -2.45.